The van der Waals surface area contributed by atoms with Crippen molar-refractivity contribution in [1.29, 1.82) is 0 Å². The van der Waals surface area contributed by atoms with Crippen LogP contribution in [0.4, 0.5) is 0 Å². The van der Waals surface area contributed by atoms with Gasteiger partial charge in [-0.1, -0.05) is 6.58 Å². The van der Waals surface area contributed by atoms with Crippen LogP contribution in [0.1, 0.15) is 19.8 Å². The number of likely N-dealkylation sites (tertiary alicyclic amines) is 1. The van der Waals surface area contributed by atoms with Gasteiger partial charge >= 0.3 is 5.97 Å². The highest BCUT2D eigenvalue weighted by atomic mass is 16.5. The SMILES string of the molecule is C=CC(=O)OC(C)C1CCCN1C. The summed E-state index contributed by atoms with van der Waals surface area (Å²) in [6, 6.07) is 0.379. The number of carbonyl (C=O) groups excluding carboxylic acids is 1. The molecule has 1 rings (SSSR count). The normalized spacial score (nSPS) is 25.5. The van der Waals surface area contributed by atoms with Crippen LogP contribution in [-0.4, -0.2) is 36.6 Å². The molecule has 1 heterocycles. The molecule has 0 spiro atoms. The maximum Gasteiger partial charge on any atom is 0.330 e. The first kappa shape index (κ1) is 10.3. The molecule has 3 heteroatoms. The van der Waals surface area contributed by atoms with E-state index in [2.05, 4.69) is 18.5 Å². The second-order valence-corrected chi connectivity index (χ2v) is 3.54. The summed E-state index contributed by atoms with van der Waals surface area (Å²) in [7, 11) is 2.07. The van der Waals surface area contributed by atoms with E-state index < -0.39 is 0 Å². The molecule has 1 aliphatic heterocycles. The van der Waals surface area contributed by atoms with Crippen LogP contribution in [0.25, 0.3) is 0 Å². The Balaban J connectivity index is 2.42. The maximum atomic E-state index is 10.9. The third-order valence-electron chi connectivity index (χ3n) is 2.59. The van der Waals surface area contributed by atoms with Crippen molar-refractivity contribution < 1.29 is 9.53 Å². The summed E-state index contributed by atoms with van der Waals surface area (Å²) in [4.78, 5) is 13.2. The standard InChI is InChI=1S/C10H17NO2/c1-4-10(12)13-8(2)9-6-5-7-11(9)3/h4,8-9H,1,5-7H2,2-3H3. The molecule has 0 N–H and O–H groups in total. The summed E-state index contributed by atoms with van der Waals surface area (Å²) >= 11 is 0. The fraction of sp³-hybridized carbons (Fsp3) is 0.700. The summed E-state index contributed by atoms with van der Waals surface area (Å²) in [5.74, 6) is -0.326. The summed E-state index contributed by atoms with van der Waals surface area (Å²) in [6.07, 6.45) is 3.49. The Hall–Kier alpha value is -0.830. The molecule has 0 aromatic rings. The Morgan fingerprint density at radius 2 is 2.46 bits per heavy atom. The quantitative estimate of drug-likeness (QED) is 0.486. The molecule has 3 nitrogen and oxygen atoms in total. The Labute approximate surface area is 79.4 Å². The van der Waals surface area contributed by atoms with E-state index >= 15 is 0 Å². The van der Waals surface area contributed by atoms with Crippen molar-refractivity contribution >= 4 is 5.97 Å². The molecule has 0 aromatic heterocycles. The predicted octanol–water partition coefficient (Wildman–Crippen LogP) is 1.20. The number of nitrogens with zero attached hydrogens (tertiary/aromatic N) is 1. The Morgan fingerprint density at radius 3 is 2.92 bits per heavy atom. The van der Waals surface area contributed by atoms with E-state index in [1.54, 1.807) is 0 Å². The van der Waals surface area contributed by atoms with Gasteiger partial charge in [0.25, 0.3) is 0 Å². The van der Waals surface area contributed by atoms with Gasteiger partial charge in [0, 0.05) is 12.1 Å². The molecule has 74 valence electrons. The molecule has 0 aliphatic carbocycles. The molecule has 0 radical (unpaired) electrons. The lowest BCUT2D eigenvalue weighted by Gasteiger charge is -2.25. The molecule has 0 amide bonds. The monoisotopic (exact) mass is 183 g/mol. The smallest absolute Gasteiger partial charge is 0.330 e. The highest BCUT2D eigenvalue weighted by Crippen LogP contribution is 2.19. The van der Waals surface area contributed by atoms with Gasteiger partial charge in [0.15, 0.2) is 0 Å². The molecule has 0 saturated carbocycles. The number of esters is 1. The van der Waals surface area contributed by atoms with Crippen molar-refractivity contribution in [2.24, 2.45) is 0 Å². The second-order valence-electron chi connectivity index (χ2n) is 3.54. The third-order valence-corrected chi connectivity index (χ3v) is 2.59. The van der Waals surface area contributed by atoms with Crippen LogP contribution >= 0.6 is 0 Å². The zero-order chi connectivity index (χ0) is 9.84. The average molecular weight is 183 g/mol. The van der Waals surface area contributed by atoms with Crippen molar-refractivity contribution in [3.63, 3.8) is 0 Å². The number of likely N-dealkylation sites (N-methyl/N-ethyl adjacent to an activating group) is 1. The van der Waals surface area contributed by atoms with Crippen LogP contribution in [0.3, 0.4) is 0 Å². The summed E-state index contributed by atoms with van der Waals surface area (Å²) < 4.78 is 5.16. The van der Waals surface area contributed by atoms with Gasteiger partial charge in [-0.2, -0.15) is 0 Å². The van der Waals surface area contributed by atoms with E-state index in [9.17, 15) is 4.79 Å². The van der Waals surface area contributed by atoms with E-state index in [0.717, 1.165) is 13.0 Å². The molecule has 13 heavy (non-hydrogen) atoms. The number of hydrogen-bond donors (Lipinski definition) is 0. The third kappa shape index (κ3) is 2.56. The largest absolute Gasteiger partial charge is 0.458 e. The van der Waals surface area contributed by atoms with Crippen LogP contribution in [0.5, 0.6) is 0 Å². The highest BCUT2D eigenvalue weighted by Gasteiger charge is 2.28. The van der Waals surface area contributed by atoms with Gasteiger partial charge in [0.05, 0.1) is 0 Å². The van der Waals surface area contributed by atoms with Crippen LogP contribution in [0.15, 0.2) is 12.7 Å². The summed E-state index contributed by atoms with van der Waals surface area (Å²) in [5, 5.41) is 0. The van der Waals surface area contributed by atoms with Gasteiger partial charge in [-0.05, 0) is 33.4 Å². The predicted molar refractivity (Wildman–Crippen MR) is 51.4 cm³/mol. The van der Waals surface area contributed by atoms with Crippen molar-refractivity contribution in [2.45, 2.75) is 31.9 Å². The molecule has 0 bridgehead atoms. The first-order chi connectivity index (χ1) is 6.15. The summed E-state index contributed by atoms with van der Waals surface area (Å²) in [6.45, 7) is 6.41. The van der Waals surface area contributed by atoms with Crippen molar-refractivity contribution in [2.75, 3.05) is 13.6 Å². The van der Waals surface area contributed by atoms with E-state index in [-0.39, 0.29) is 12.1 Å². The Bertz CT molecular complexity index is 203. The fourth-order valence-corrected chi connectivity index (χ4v) is 1.84. The number of carbonyl (C=O) groups is 1. The topological polar surface area (TPSA) is 29.5 Å². The van der Waals surface area contributed by atoms with E-state index in [1.165, 1.54) is 12.5 Å². The minimum absolute atomic E-state index is 0.0296. The van der Waals surface area contributed by atoms with Gasteiger partial charge in [0.1, 0.15) is 6.10 Å². The molecule has 1 fully saturated rings. The summed E-state index contributed by atoms with van der Waals surface area (Å²) in [5.41, 5.74) is 0. The van der Waals surface area contributed by atoms with Gasteiger partial charge in [0.2, 0.25) is 0 Å². The van der Waals surface area contributed by atoms with Crippen LogP contribution in [0, 0.1) is 0 Å². The molecule has 0 aromatic carbocycles. The van der Waals surface area contributed by atoms with Crippen LogP contribution < -0.4 is 0 Å². The minimum Gasteiger partial charge on any atom is -0.458 e. The number of hydrogen-bond acceptors (Lipinski definition) is 3. The zero-order valence-electron chi connectivity index (χ0n) is 8.32. The molecule has 2 unspecified atom stereocenters. The Morgan fingerprint density at radius 1 is 1.77 bits per heavy atom. The fourth-order valence-electron chi connectivity index (χ4n) is 1.84. The number of rotatable bonds is 3. The van der Waals surface area contributed by atoms with Crippen molar-refractivity contribution in [3.8, 4) is 0 Å². The maximum absolute atomic E-state index is 10.9. The van der Waals surface area contributed by atoms with E-state index in [1.807, 2.05) is 6.92 Å². The highest BCUT2D eigenvalue weighted by molar-refractivity contribution is 5.81. The first-order valence-electron chi connectivity index (χ1n) is 4.68. The molecular weight excluding hydrogens is 166 g/mol. The van der Waals surface area contributed by atoms with Crippen LogP contribution in [0.2, 0.25) is 0 Å². The zero-order valence-corrected chi connectivity index (χ0v) is 8.32. The lowest BCUT2D eigenvalue weighted by Crippen LogP contribution is -2.37. The molecule has 2 atom stereocenters. The van der Waals surface area contributed by atoms with Gasteiger partial charge in [-0.15, -0.1) is 0 Å². The average Bonchev–Trinajstić information content (AvgIpc) is 2.51. The Kier molecular flexibility index (Phi) is 3.48. The molecular formula is C10H17NO2. The van der Waals surface area contributed by atoms with Gasteiger partial charge in [-0.3, -0.25) is 4.90 Å². The molecule has 1 aliphatic rings. The van der Waals surface area contributed by atoms with Crippen LogP contribution in [-0.2, 0) is 9.53 Å². The lowest BCUT2D eigenvalue weighted by atomic mass is 10.1. The van der Waals surface area contributed by atoms with Gasteiger partial charge in [-0.25, -0.2) is 4.79 Å². The number of ether oxygens (including phenoxy) is 1. The van der Waals surface area contributed by atoms with Crippen molar-refractivity contribution in [3.05, 3.63) is 12.7 Å². The second kappa shape index (κ2) is 4.42. The first-order valence-corrected chi connectivity index (χ1v) is 4.68. The van der Waals surface area contributed by atoms with E-state index in [0.29, 0.717) is 6.04 Å². The van der Waals surface area contributed by atoms with Gasteiger partial charge < -0.3 is 4.74 Å². The van der Waals surface area contributed by atoms with E-state index in [4.69, 9.17) is 4.74 Å². The minimum atomic E-state index is -0.326. The van der Waals surface area contributed by atoms with Crippen molar-refractivity contribution in [1.82, 2.24) is 4.90 Å². The molecule has 1 saturated heterocycles. The lowest BCUT2D eigenvalue weighted by molar-refractivity contribution is -0.144.